The van der Waals surface area contributed by atoms with Crippen LogP contribution in [0.1, 0.15) is 22.6 Å². The summed E-state index contributed by atoms with van der Waals surface area (Å²) in [6.45, 7) is 7.12. The Hall–Kier alpha value is -3.26. The van der Waals surface area contributed by atoms with Gasteiger partial charge in [0.15, 0.2) is 11.5 Å². The van der Waals surface area contributed by atoms with Crippen molar-refractivity contribution in [2.45, 2.75) is 25.7 Å². The number of aryl methyl sites for hydroxylation is 1. The Morgan fingerprint density at radius 3 is 2.57 bits per heavy atom. The van der Waals surface area contributed by atoms with Gasteiger partial charge < -0.3 is 14.5 Å². The highest BCUT2D eigenvalue weighted by atomic mass is 35.5. The maximum absolute atomic E-state index is 14.9. The molecule has 6 heterocycles. The molecule has 3 aromatic rings. The Morgan fingerprint density at radius 2 is 1.86 bits per heavy atom. The smallest absolute Gasteiger partial charge is 0.231 e. The number of ether oxygens (including phenoxy) is 1. The minimum Gasteiger partial charge on any atom is -0.375 e. The Bertz CT molecular complexity index is 1430. The van der Waals surface area contributed by atoms with E-state index in [-0.39, 0.29) is 25.2 Å². The van der Waals surface area contributed by atoms with Gasteiger partial charge in [-0.3, -0.25) is 9.47 Å². The van der Waals surface area contributed by atoms with Crippen LogP contribution in [0.5, 0.6) is 0 Å². The molecule has 2 aromatic heterocycles. The van der Waals surface area contributed by atoms with Gasteiger partial charge in [0.1, 0.15) is 11.9 Å². The summed E-state index contributed by atoms with van der Waals surface area (Å²) < 4.78 is 22.2. The van der Waals surface area contributed by atoms with Crippen molar-refractivity contribution in [3.63, 3.8) is 0 Å². The first-order valence-electron chi connectivity index (χ1n) is 12.4. The molecule has 0 N–H and O–H groups in total. The average Bonchev–Trinajstić information content (AvgIpc) is 3.12. The summed E-state index contributed by atoms with van der Waals surface area (Å²) in [5.41, 5.74) is 2.28. The van der Waals surface area contributed by atoms with E-state index in [1.807, 2.05) is 37.3 Å². The first-order chi connectivity index (χ1) is 17.8. The van der Waals surface area contributed by atoms with Crippen LogP contribution in [-0.4, -0.2) is 76.3 Å². The predicted octanol–water partition coefficient (Wildman–Crippen LogP) is 2.88. The number of halogens is 2. The second-order valence-corrected chi connectivity index (χ2v) is 11.4. The molecule has 3 fully saturated rings. The fourth-order valence-corrected chi connectivity index (χ4v) is 6.25. The predicted molar refractivity (Wildman–Crippen MR) is 136 cm³/mol. The van der Waals surface area contributed by atoms with Gasteiger partial charge in [-0.1, -0.05) is 11.6 Å². The summed E-state index contributed by atoms with van der Waals surface area (Å²) in [6.07, 6.45) is 0. The zero-order valence-electron chi connectivity index (χ0n) is 20.5. The lowest BCUT2D eigenvalue weighted by molar-refractivity contribution is -0.142. The highest BCUT2D eigenvalue weighted by molar-refractivity contribution is 6.30. The van der Waals surface area contributed by atoms with Crippen molar-refractivity contribution in [3.05, 3.63) is 58.0 Å². The third-order valence-corrected chi connectivity index (χ3v) is 8.12. The number of benzene rings is 1. The summed E-state index contributed by atoms with van der Waals surface area (Å²) >= 11 is 6.36. The number of nitrogens with zero attached hydrogens (tertiary/aromatic N) is 8. The molecule has 0 aliphatic carbocycles. The van der Waals surface area contributed by atoms with Crippen molar-refractivity contribution in [1.82, 2.24) is 24.6 Å². The SMILES string of the molecule is Cc1nc(N2CC3(C2)CN(c2nnc4n2-c2ccc(Cl)cc2CN(CC2(F)COC2)C4)C3)ccc1C#N. The van der Waals surface area contributed by atoms with Crippen LogP contribution < -0.4 is 9.80 Å². The van der Waals surface area contributed by atoms with Gasteiger partial charge in [0.25, 0.3) is 0 Å². The number of aromatic nitrogens is 4. The average molecular weight is 521 g/mol. The summed E-state index contributed by atoms with van der Waals surface area (Å²) in [6, 6.07) is 11.8. The Labute approximate surface area is 219 Å². The van der Waals surface area contributed by atoms with Crippen molar-refractivity contribution in [3.8, 4) is 11.8 Å². The molecule has 190 valence electrons. The van der Waals surface area contributed by atoms with E-state index < -0.39 is 5.67 Å². The van der Waals surface area contributed by atoms with Crippen LogP contribution in [0.2, 0.25) is 5.02 Å². The lowest BCUT2D eigenvalue weighted by Gasteiger charge is -2.60. The first kappa shape index (κ1) is 22.9. The second kappa shape index (κ2) is 8.12. The molecule has 0 unspecified atom stereocenters. The molecule has 1 aromatic carbocycles. The number of pyridine rings is 1. The van der Waals surface area contributed by atoms with Crippen LogP contribution in [0.3, 0.4) is 0 Å². The molecule has 0 amide bonds. The van der Waals surface area contributed by atoms with Crippen LogP contribution in [-0.2, 0) is 17.8 Å². The number of alkyl halides is 1. The Kier molecular flexibility index (Phi) is 5.02. The third-order valence-electron chi connectivity index (χ3n) is 7.89. The van der Waals surface area contributed by atoms with Gasteiger partial charge in [0.2, 0.25) is 5.95 Å². The molecule has 4 aliphatic heterocycles. The zero-order chi connectivity index (χ0) is 25.4. The molecule has 37 heavy (non-hydrogen) atoms. The van der Waals surface area contributed by atoms with Gasteiger partial charge in [-0.2, -0.15) is 5.26 Å². The number of fused-ring (bicyclic) bond motifs is 3. The molecule has 0 radical (unpaired) electrons. The number of nitriles is 1. The largest absolute Gasteiger partial charge is 0.375 e. The van der Waals surface area contributed by atoms with Gasteiger partial charge >= 0.3 is 0 Å². The van der Waals surface area contributed by atoms with E-state index in [1.54, 1.807) is 0 Å². The molecule has 1 spiro atoms. The van der Waals surface area contributed by atoms with Gasteiger partial charge in [0.05, 0.1) is 36.7 Å². The topological polar surface area (TPSA) is 86.3 Å². The van der Waals surface area contributed by atoms with Crippen molar-refractivity contribution in [2.75, 3.05) is 55.7 Å². The van der Waals surface area contributed by atoms with E-state index >= 15 is 0 Å². The van der Waals surface area contributed by atoms with E-state index in [2.05, 4.69) is 40.5 Å². The number of hydrogen-bond donors (Lipinski definition) is 0. The Balaban J connectivity index is 1.11. The van der Waals surface area contributed by atoms with Crippen LogP contribution in [0, 0.1) is 23.7 Å². The molecule has 9 nitrogen and oxygen atoms in total. The fourth-order valence-electron chi connectivity index (χ4n) is 6.06. The monoisotopic (exact) mass is 520 g/mol. The summed E-state index contributed by atoms with van der Waals surface area (Å²) in [5.74, 6) is 2.54. The molecule has 7 rings (SSSR count). The van der Waals surface area contributed by atoms with Gasteiger partial charge in [0, 0.05) is 49.7 Å². The second-order valence-electron chi connectivity index (χ2n) is 10.9. The summed E-state index contributed by atoms with van der Waals surface area (Å²) in [7, 11) is 0. The van der Waals surface area contributed by atoms with Crippen LogP contribution in [0.15, 0.2) is 30.3 Å². The molecular weight excluding hydrogens is 495 g/mol. The van der Waals surface area contributed by atoms with E-state index in [0.717, 1.165) is 60.7 Å². The highest BCUT2D eigenvalue weighted by Gasteiger charge is 2.53. The lowest BCUT2D eigenvalue weighted by atomic mass is 9.73. The molecule has 0 atom stereocenters. The van der Waals surface area contributed by atoms with Gasteiger partial charge in [-0.05, 0) is 42.8 Å². The maximum atomic E-state index is 14.9. The number of hydrogen-bond acceptors (Lipinski definition) is 8. The van der Waals surface area contributed by atoms with E-state index in [1.165, 1.54) is 0 Å². The standard InChI is InChI=1S/C26H26ClFN8O/c1-17-18(7-29)2-5-22(30-17)34-10-25(11-34)12-35(13-25)24-32-31-23-9-33(14-26(28)15-37-16-26)8-19-6-20(27)3-4-21(19)36(23)24/h2-6H,8-16H2,1H3. The van der Waals surface area contributed by atoms with E-state index in [0.29, 0.717) is 23.7 Å². The molecule has 11 heteroatoms. The fraction of sp³-hybridized carbons (Fsp3) is 0.462. The summed E-state index contributed by atoms with van der Waals surface area (Å²) in [4.78, 5) is 11.2. The van der Waals surface area contributed by atoms with Gasteiger partial charge in [-0.15, -0.1) is 10.2 Å². The molecule has 0 saturated carbocycles. The zero-order valence-corrected chi connectivity index (χ0v) is 21.2. The lowest BCUT2D eigenvalue weighted by Crippen LogP contribution is -2.73. The Morgan fingerprint density at radius 1 is 1.08 bits per heavy atom. The van der Waals surface area contributed by atoms with Crippen molar-refractivity contribution in [1.29, 1.82) is 5.26 Å². The van der Waals surface area contributed by atoms with Crippen LogP contribution in [0.4, 0.5) is 16.2 Å². The number of rotatable bonds is 4. The molecule has 3 saturated heterocycles. The third kappa shape index (κ3) is 3.76. The highest BCUT2D eigenvalue weighted by Crippen LogP contribution is 2.44. The van der Waals surface area contributed by atoms with Crippen LogP contribution in [0.25, 0.3) is 5.69 Å². The quantitative estimate of drug-likeness (QED) is 0.519. The summed E-state index contributed by atoms with van der Waals surface area (Å²) in [5, 5.41) is 19.0. The van der Waals surface area contributed by atoms with Crippen LogP contribution >= 0.6 is 11.6 Å². The first-order valence-corrected chi connectivity index (χ1v) is 12.8. The minimum atomic E-state index is -1.32. The van der Waals surface area contributed by atoms with Gasteiger partial charge in [-0.25, -0.2) is 9.37 Å². The molecular formula is C26H26ClFN8O. The molecule has 0 bridgehead atoms. The van der Waals surface area contributed by atoms with Crippen molar-refractivity contribution >= 4 is 23.4 Å². The molecule has 4 aliphatic rings. The minimum absolute atomic E-state index is 0.133. The number of anilines is 2. The maximum Gasteiger partial charge on any atom is 0.231 e. The van der Waals surface area contributed by atoms with E-state index in [4.69, 9.17) is 16.3 Å². The van der Waals surface area contributed by atoms with Crippen molar-refractivity contribution < 1.29 is 9.13 Å². The normalized spacial score (nSPS) is 21.2. The van der Waals surface area contributed by atoms with Crippen molar-refractivity contribution in [2.24, 2.45) is 5.41 Å². The van der Waals surface area contributed by atoms with E-state index in [9.17, 15) is 9.65 Å².